The van der Waals surface area contributed by atoms with Crippen LogP contribution in [-0.2, 0) is 14.4 Å². The van der Waals surface area contributed by atoms with E-state index in [1.54, 1.807) is 18.3 Å². The molecule has 0 spiro atoms. The Hall–Kier alpha value is -3.20. The Balaban J connectivity index is 0.00000481. The second-order valence-electron chi connectivity index (χ2n) is 8.56. The Kier molecular flexibility index (Phi) is 12.8. The van der Waals surface area contributed by atoms with Gasteiger partial charge in [0.25, 0.3) is 0 Å². The molecule has 0 aliphatic heterocycles. The van der Waals surface area contributed by atoms with Crippen LogP contribution in [0.25, 0.3) is 11.1 Å². The predicted molar refractivity (Wildman–Crippen MR) is 137 cm³/mol. The number of unbranched alkanes of at least 4 members (excludes halogenated alkanes) is 1. The number of anilines is 1. The van der Waals surface area contributed by atoms with Gasteiger partial charge in [-0.15, -0.1) is 0 Å². The van der Waals surface area contributed by atoms with Gasteiger partial charge >= 0.3 is 29.6 Å². The Morgan fingerprint density at radius 1 is 0.892 bits per heavy atom. The smallest absolute Gasteiger partial charge is 0.550 e. The van der Waals surface area contributed by atoms with Crippen molar-refractivity contribution in [3.8, 4) is 11.1 Å². The van der Waals surface area contributed by atoms with E-state index in [9.17, 15) is 19.5 Å². The molecule has 0 radical (unpaired) electrons. The van der Waals surface area contributed by atoms with Crippen LogP contribution < -0.4 is 50.6 Å². The molecule has 0 saturated heterocycles. The molecular weight excluding hydrogens is 479 g/mol. The minimum absolute atomic E-state index is 0. The molecule has 0 aliphatic carbocycles. The molecule has 9 heteroatoms. The molecule has 188 valence electrons. The van der Waals surface area contributed by atoms with Gasteiger partial charge in [0, 0.05) is 31.6 Å². The number of carboxylic acid groups (broad SMARTS) is 1. The molecule has 1 heterocycles. The number of aryl methyl sites for hydroxylation is 1. The van der Waals surface area contributed by atoms with Crippen molar-refractivity contribution >= 4 is 23.6 Å². The quantitative estimate of drug-likeness (QED) is 0.215. The summed E-state index contributed by atoms with van der Waals surface area (Å²) in [6.07, 6.45) is 3.07. The van der Waals surface area contributed by atoms with Crippen LogP contribution in [0.2, 0.25) is 0 Å². The molecule has 0 saturated carbocycles. The first-order valence-corrected chi connectivity index (χ1v) is 12.0. The van der Waals surface area contributed by atoms with Gasteiger partial charge in [0.1, 0.15) is 5.82 Å². The summed E-state index contributed by atoms with van der Waals surface area (Å²) in [6.45, 7) is 2.49. The summed E-state index contributed by atoms with van der Waals surface area (Å²) in [5.41, 5.74) is 3.84. The van der Waals surface area contributed by atoms with Crippen LogP contribution in [0, 0.1) is 6.92 Å². The van der Waals surface area contributed by atoms with Crippen molar-refractivity contribution < 1.29 is 49.0 Å². The number of carbonyl (C=O) groups is 3. The van der Waals surface area contributed by atoms with Crippen molar-refractivity contribution in [1.82, 2.24) is 15.6 Å². The molecule has 1 unspecified atom stereocenters. The number of carbonyl (C=O) groups excluding carboxylic acids is 3. The number of hydrogen-bond donors (Lipinski definition) is 3. The topological polar surface area (TPSA) is 123 Å². The van der Waals surface area contributed by atoms with Crippen LogP contribution in [0.15, 0.2) is 72.9 Å². The largest absolute Gasteiger partial charge is 1.00 e. The second kappa shape index (κ2) is 15.8. The Morgan fingerprint density at radius 3 is 2.19 bits per heavy atom. The van der Waals surface area contributed by atoms with E-state index in [1.807, 2.05) is 61.5 Å². The number of nitrogens with zero attached hydrogens (tertiary/aromatic N) is 1. The summed E-state index contributed by atoms with van der Waals surface area (Å²) in [6, 6.07) is 20.3. The fourth-order valence-electron chi connectivity index (χ4n) is 3.68. The normalized spacial score (nSPS) is 11.1. The van der Waals surface area contributed by atoms with Crippen molar-refractivity contribution in [2.75, 3.05) is 18.4 Å². The molecule has 3 N–H and O–H groups in total. The third-order valence-electron chi connectivity index (χ3n) is 5.65. The first kappa shape index (κ1) is 30.0. The number of amides is 2. The summed E-state index contributed by atoms with van der Waals surface area (Å²) in [5.74, 6) is -1.18. The zero-order valence-electron chi connectivity index (χ0n) is 21.3. The van der Waals surface area contributed by atoms with Crippen LogP contribution in [0.5, 0.6) is 0 Å². The Labute approximate surface area is 239 Å². The van der Waals surface area contributed by atoms with E-state index in [0.29, 0.717) is 24.9 Å². The predicted octanol–water partition coefficient (Wildman–Crippen LogP) is -0.243. The van der Waals surface area contributed by atoms with Gasteiger partial charge in [0.15, 0.2) is 0 Å². The first-order chi connectivity index (χ1) is 17.4. The van der Waals surface area contributed by atoms with Crippen molar-refractivity contribution in [1.29, 1.82) is 0 Å². The fraction of sp³-hybridized carbons (Fsp3) is 0.286. The van der Waals surface area contributed by atoms with Gasteiger partial charge in [-0.3, -0.25) is 9.59 Å². The van der Waals surface area contributed by atoms with Crippen molar-refractivity contribution in [3.63, 3.8) is 0 Å². The summed E-state index contributed by atoms with van der Waals surface area (Å²) in [4.78, 5) is 39.9. The van der Waals surface area contributed by atoms with Crippen LogP contribution in [0.4, 0.5) is 5.82 Å². The number of hydrogen-bond acceptors (Lipinski definition) is 6. The molecule has 1 atom stereocenters. The van der Waals surface area contributed by atoms with Crippen LogP contribution in [-0.4, -0.2) is 35.9 Å². The van der Waals surface area contributed by atoms with Crippen molar-refractivity contribution in [2.45, 2.75) is 38.6 Å². The summed E-state index contributed by atoms with van der Waals surface area (Å²) >= 11 is 0. The number of carboxylic acids is 1. The van der Waals surface area contributed by atoms with Crippen molar-refractivity contribution in [2.24, 2.45) is 0 Å². The molecule has 3 aromatic rings. The maximum absolute atomic E-state index is 12.4. The van der Waals surface area contributed by atoms with Gasteiger partial charge < -0.3 is 25.9 Å². The number of aromatic nitrogens is 1. The van der Waals surface area contributed by atoms with Crippen LogP contribution in [0.3, 0.4) is 0 Å². The first-order valence-electron chi connectivity index (χ1n) is 12.0. The molecular formula is C28H31N4NaO4. The number of rotatable bonds is 13. The zero-order valence-corrected chi connectivity index (χ0v) is 23.3. The molecule has 0 aliphatic rings. The molecule has 2 aromatic carbocycles. The summed E-state index contributed by atoms with van der Waals surface area (Å²) in [5, 5.41) is 19.7. The van der Waals surface area contributed by atoms with Gasteiger partial charge in [0.05, 0.1) is 12.6 Å². The number of aliphatic carboxylic acids is 1. The van der Waals surface area contributed by atoms with E-state index in [1.165, 1.54) is 0 Å². The SMILES string of the molecule is Cc1ccc(-c2ccc(C(CC(=O)[O-])NC(=O)CNC(=O)CCCCNc3ccccn3)cc2)cc1.[Na+]. The molecule has 3 rings (SSSR count). The van der Waals surface area contributed by atoms with Crippen LogP contribution >= 0.6 is 0 Å². The van der Waals surface area contributed by atoms with E-state index in [0.717, 1.165) is 28.9 Å². The third kappa shape index (κ3) is 10.8. The van der Waals surface area contributed by atoms with Gasteiger partial charge in [-0.1, -0.05) is 60.2 Å². The zero-order chi connectivity index (χ0) is 25.8. The van der Waals surface area contributed by atoms with Gasteiger partial charge in [-0.05, 0) is 48.6 Å². The van der Waals surface area contributed by atoms with E-state index in [2.05, 4.69) is 20.9 Å². The maximum Gasteiger partial charge on any atom is 1.00 e. The standard InChI is InChI=1S/C28H32N4O4.Na/c1-20-8-10-21(11-9-20)22-12-14-23(15-13-22)24(18-28(35)36)32-27(34)19-31-26(33)7-3-5-17-30-25-6-2-4-16-29-25;/h2,4,6,8-16,24H,3,5,7,17-19H2,1H3,(H,29,30)(H,31,33)(H,32,34)(H,35,36);/q;+1/p-1. The second-order valence-corrected chi connectivity index (χ2v) is 8.56. The van der Waals surface area contributed by atoms with Crippen LogP contribution in [0.1, 0.15) is 42.9 Å². The molecule has 37 heavy (non-hydrogen) atoms. The monoisotopic (exact) mass is 510 g/mol. The Morgan fingerprint density at radius 2 is 1.57 bits per heavy atom. The summed E-state index contributed by atoms with van der Waals surface area (Å²) < 4.78 is 0. The molecule has 0 bridgehead atoms. The van der Waals surface area contributed by atoms with E-state index in [-0.39, 0.29) is 48.4 Å². The fourth-order valence-corrected chi connectivity index (χ4v) is 3.68. The molecule has 2 amide bonds. The minimum atomic E-state index is -1.27. The van der Waals surface area contributed by atoms with E-state index in [4.69, 9.17) is 0 Å². The molecule has 0 fully saturated rings. The number of benzene rings is 2. The Bertz CT molecular complexity index is 1140. The van der Waals surface area contributed by atoms with Gasteiger partial charge in [-0.2, -0.15) is 0 Å². The number of nitrogens with one attached hydrogen (secondary N) is 3. The third-order valence-corrected chi connectivity index (χ3v) is 5.65. The molecule has 8 nitrogen and oxygen atoms in total. The minimum Gasteiger partial charge on any atom is -0.550 e. The van der Waals surface area contributed by atoms with Crippen molar-refractivity contribution in [3.05, 3.63) is 84.1 Å². The van der Waals surface area contributed by atoms with Gasteiger partial charge in [-0.25, -0.2) is 4.98 Å². The summed E-state index contributed by atoms with van der Waals surface area (Å²) in [7, 11) is 0. The molecule has 1 aromatic heterocycles. The number of pyridine rings is 1. The average molecular weight is 511 g/mol. The van der Waals surface area contributed by atoms with Gasteiger partial charge in [0.2, 0.25) is 11.8 Å². The van der Waals surface area contributed by atoms with E-state index < -0.39 is 17.9 Å². The van der Waals surface area contributed by atoms with E-state index >= 15 is 0 Å². The average Bonchev–Trinajstić information content (AvgIpc) is 2.88. The maximum atomic E-state index is 12.4.